The fourth-order valence-corrected chi connectivity index (χ4v) is 2.78. The molecule has 21 heavy (non-hydrogen) atoms. The van der Waals surface area contributed by atoms with E-state index in [1.54, 1.807) is 6.07 Å². The number of ketones is 1. The van der Waals surface area contributed by atoms with Gasteiger partial charge in [0.15, 0.2) is 5.78 Å². The first-order valence-corrected chi connectivity index (χ1v) is 7.11. The number of rotatable bonds is 4. The first-order chi connectivity index (χ1) is 9.90. The van der Waals surface area contributed by atoms with Crippen LogP contribution in [0.5, 0.6) is 0 Å². The van der Waals surface area contributed by atoms with E-state index in [9.17, 15) is 14.9 Å². The molecule has 0 amide bonds. The van der Waals surface area contributed by atoms with E-state index in [0.29, 0.717) is 6.04 Å². The lowest BCUT2D eigenvalue weighted by Gasteiger charge is -2.37. The van der Waals surface area contributed by atoms with Crippen molar-refractivity contribution < 1.29 is 9.72 Å². The minimum absolute atomic E-state index is 0.105. The Balaban J connectivity index is 2.30. The average Bonchev–Trinajstić information content (AvgIpc) is 2.46. The molecule has 1 atom stereocenters. The van der Waals surface area contributed by atoms with Gasteiger partial charge < -0.3 is 9.80 Å². The van der Waals surface area contributed by atoms with Gasteiger partial charge in [-0.1, -0.05) is 0 Å². The van der Waals surface area contributed by atoms with Crippen LogP contribution in [0, 0.1) is 10.1 Å². The van der Waals surface area contributed by atoms with Gasteiger partial charge >= 0.3 is 0 Å². The monoisotopic (exact) mass is 291 g/mol. The Morgan fingerprint density at radius 1 is 1.43 bits per heavy atom. The summed E-state index contributed by atoms with van der Waals surface area (Å²) in [5.74, 6) is -0.280. The van der Waals surface area contributed by atoms with Crippen molar-refractivity contribution in [3.63, 3.8) is 0 Å². The van der Waals surface area contributed by atoms with E-state index in [-0.39, 0.29) is 17.0 Å². The number of carbonyl (C=O) groups is 1. The van der Waals surface area contributed by atoms with Crippen molar-refractivity contribution in [3.8, 4) is 0 Å². The number of likely N-dealkylation sites (N-methyl/N-ethyl adjacent to an activating group) is 1. The van der Waals surface area contributed by atoms with Crippen molar-refractivity contribution >= 4 is 17.2 Å². The van der Waals surface area contributed by atoms with Crippen molar-refractivity contribution in [2.75, 3.05) is 32.1 Å². The molecule has 0 N–H and O–H groups in total. The Hall–Kier alpha value is -1.95. The van der Waals surface area contributed by atoms with E-state index >= 15 is 0 Å². The molecule has 2 rings (SSSR count). The fourth-order valence-electron chi connectivity index (χ4n) is 2.78. The number of nitro benzene ring substituents is 1. The number of carbonyl (C=O) groups excluding carboxylic acids is 1. The van der Waals surface area contributed by atoms with Gasteiger partial charge in [0, 0.05) is 30.9 Å². The summed E-state index contributed by atoms with van der Waals surface area (Å²) in [5, 5.41) is 11.2. The second kappa shape index (κ2) is 6.22. The van der Waals surface area contributed by atoms with E-state index in [1.165, 1.54) is 13.0 Å². The van der Waals surface area contributed by atoms with Crippen LogP contribution < -0.4 is 4.90 Å². The third-order valence-electron chi connectivity index (χ3n) is 4.05. The molecule has 1 aliphatic heterocycles. The van der Waals surface area contributed by atoms with Crippen LogP contribution in [0.4, 0.5) is 11.4 Å². The van der Waals surface area contributed by atoms with E-state index in [0.717, 1.165) is 31.6 Å². The summed E-state index contributed by atoms with van der Waals surface area (Å²) in [7, 11) is 4.10. The van der Waals surface area contributed by atoms with Crippen molar-refractivity contribution in [1.29, 1.82) is 0 Å². The second-order valence-corrected chi connectivity index (χ2v) is 5.72. The summed E-state index contributed by atoms with van der Waals surface area (Å²) in [4.78, 5) is 26.5. The highest BCUT2D eigenvalue weighted by atomic mass is 16.6. The fraction of sp³-hybridized carbons (Fsp3) is 0.533. The molecule has 1 fully saturated rings. The third kappa shape index (κ3) is 3.39. The molecule has 114 valence electrons. The highest BCUT2D eigenvalue weighted by molar-refractivity contribution is 5.98. The molecule has 6 heteroatoms. The summed E-state index contributed by atoms with van der Waals surface area (Å²) in [5.41, 5.74) is 0.884. The van der Waals surface area contributed by atoms with Crippen LogP contribution in [-0.2, 0) is 0 Å². The van der Waals surface area contributed by atoms with Crippen LogP contribution in [0.25, 0.3) is 0 Å². The van der Waals surface area contributed by atoms with Gasteiger partial charge in [0.25, 0.3) is 5.69 Å². The normalized spacial score (nSPS) is 18.9. The lowest BCUT2D eigenvalue weighted by molar-refractivity contribution is -0.385. The summed E-state index contributed by atoms with van der Waals surface area (Å²) >= 11 is 0. The Bertz CT molecular complexity index is 557. The van der Waals surface area contributed by atoms with E-state index < -0.39 is 4.92 Å². The molecule has 1 aliphatic rings. The molecule has 1 aromatic carbocycles. The number of nitrogens with zero attached hydrogens (tertiary/aromatic N) is 3. The Kier molecular flexibility index (Phi) is 4.57. The lowest BCUT2D eigenvalue weighted by Crippen LogP contribution is -2.45. The molecule has 0 saturated carbocycles. The van der Waals surface area contributed by atoms with Gasteiger partial charge in [-0.05, 0) is 46.0 Å². The predicted molar refractivity (Wildman–Crippen MR) is 82.0 cm³/mol. The van der Waals surface area contributed by atoms with Gasteiger partial charge in [0.1, 0.15) is 0 Å². The molecular formula is C15H21N3O3. The van der Waals surface area contributed by atoms with E-state index in [4.69, 9.17) is 0 Å². The maximum absolute atomic E-state index is 11.5. The zero-order valence-electron chi connectivity index (χ0n) is 12.7. The molecule has 1 heterocycles. The molecule has 0 bridgehead atoms. The van der Waals surface area contributed by atoms with Crippen LogP contribution in [0.2, 0.25) is 0 Å². The largest absolute Gasteiger partial charge is 0.370 e. The SMILES string of the molecule is CC(=O)c1ccc(N2CCCC(N(C)C)C2)cc1[N+](=O)[O-]. The number of Topliss-reactive ketones (excluding diaryl/α,β-unsaturated/α-hetero) is 1. The Morgan fingerprint density at radius 2 is 2.14 bits per heavy atom. The molecule has 0 radical (unpaired) electrons. The maximum Gasteiger partial charge on any atom is 0.282 e. The summed E-state index contributed by atoms with van der Waals surface area (Å²) in [6.07, 6.45) is 2.20. The summed E-state index contributed by atoms with van der Waals surface area (Å²) < 4.78 is 0. The van der Waals surface area contributed by atoms with Gasteiger partial charge in [-0.3, -0.25) is 14.9 Å². The van der Waals surface area contributed by atoms with Crippen LogP contribution in [0.1, 0.15) is 30.1 Å². The zero-order valence-corrected chi connectivity index (χ0v) is 12.7. The summed E-state index contributed by atoms with van der Waals surface area (Å²) in [6, 6.07) is 5.34. The molecule has 0 spiro atoms. The van der Waals surface area contributed by atoms with E-state index in [2.05, 4.69) is 23.9 Å². The number of hydrogen-bond donors (Lipinski definition) is 0. The first kappa shape index (κ1) is 15.4. The van der Waals surface area contributed by atoms with Crippen molar-refractivity contribution in [2.45, 2.75) is 25.8 Å². The first-order valence-electron chi connectivity index (χ1n) is 7.11. The number of piperidine rings is 1. The van der Waals surface area contributed by atoms with Crippen LogP contribution >= 0.6 is 0 Å². The van der Waals surface area contributed by atoms with Gasteiger partial charge in [0.2, 0.25) is 0 Å². The standard InChI is InChI=1S/C15H21N3O3/c1-11(19)14-7-6-12(9-15(14)18(20)21)17-8-4-5-13(10-17)16(2)3/h6-7,9,13H,4-5,8,10H2,1-3H3. The molecule has 1 saturated heterocycles. The van der Waals surface area contributed by atoms with Crippen molar-refractivity contribution in [1.82, 2.24) is 4.90 Å². The highest BCUT2D eigenvalue weighted by Crippen LogP contribution is 2.28. The molecule has 6 nitrogen and oxygen atoms in total. The van der Waals surface area contributed by atoms with E-state index in [1.807, 2.05) is 6.07 Å². The lowest BCUT2D eigenvalue weighted by atomic mass is 10.0. The number of nitro groups is 1. The summed E-state index contributed by atoms with van der Waals surface area (Å²) in [6.45, 7) is 3.09. The highest BCUT2D eigenvalue weighted by Gasteiger charge is 2.24. The maximum atomic E-state index is 11.5. The van der Waals surface area contributed by atoms with Crippen LogP contribution in [0.3, 0.4) is 0 Å². The minimum Gasteiger partial charge on any atom is -0.370 e. The van der Waals surface area contributed by atoms with Crippen LogP contribution in [-0.4, -0.2) is 48.8 Å². The minimum atomic E-state index is -0.479. The van der Waals surface area contributed by atoms with Gasteiger partial charge in [0.05, 0.1) is 10.5 Å². The molecular weight excluding hydrogens is 270 g/mol. The molecule has 0 aliphatic carbocycles. The predicted octanol–water partition coefficient (Wildman–Crippen LogP) is 2.33. The molecule has 1 unspecified atom stereocenters. The molecule has 0 aromatic heterocycles. The van der Waals surface area contributed by atoms with Gasteiger partial charge in [-0.25, -0.2) is 0 Å². The Labute approximate surface area is 124 Å². The molecule has 1 aromatic rings. The van der Waals surface area contributed by atoms with Crippen molar-refractivity contribution in [2.24, 2.45) is 0 Å². The number of benzene rings is 1. The second-order valence-electron chi connectivity index (χ2n) is 5.72. The quantitative estimate of drug-likeness (QED) is 0.484. The average molecular weight is 291 g/mol. The van der Waals surface area contributed by atoms with Gasteiger partial charge in [-0.15, -0.1) is 0 Å². The zero-order chi connectivity index (χ0) is 15.6. The Morgan fingerprint density at radius 3 is 2.71 bits per heavy atom. The topological polar surface area (TPSA) is 66.7 Å². The van der Waals surface area contributed by atoms with Crippen molar-refractivity contribution in [3.05, 3.63) is 33.9 Å². The number of hydrogen-bond acceptors (Lipinski definition) is 5. The van der Waals surface area contributed by atoms with Crippen LogP contribution in [0.15, 0.2) is 18.2 Å². The van der Waals surface area contributed by atoms with Gasteiger partial charge in [-0.2, -0.15) is 0 Å². The third-order valence-corrected chi connectivity index (χ3v) is 4.05. The smallest absolute Gasteiger partial charge is 0.282 e. The number of anilines is 1.